The number of nitrogens with one attached hydrogen (secondary N) is 1. The van der Waals surface area contributed by atoms with Crippen molar-refractivity contribution in [1.29, 1.82) is 0 Å². The molecule has 180 valence electrons. The molecular formula is C18H26FN2O10P. The number of alkyl halides is 1. The SMILES string of the molecule is CC(C)OC(=O)[C@H](C)CCOP1(=O)OC[C@@]2(F)O[C@@H](n3ccc(=O)[nH]c3=O)[C@](C)(O)[C@@H]2O1. The highest BCUT2D eigenvalue weighted by Gasteiger charge is 2.69. The van der Waals surface area contributed by atoms with Crippen LogP contribution in [0.2, 0.25) is 0 Å². The summed E-state index contributed by atoms with van der Waals surface area (Å²) in [4.78, 5) is 37.2. The minimum Gasteiger partial charge on any atom is -0.463 e. The maximum absolute atomic E-state index is 15.4. The molecule has 6 atom stereocenters. The van der Waals surface area contributed by atoms with E-state index in [2.05, 4.69) is 0 Å². The van der Waals surface area contributed by atoms with Gasteiger partial charge < -0.3 is 14.6 Å². The number of phosphoric ester groups is 1. The second-order valence-electron chi connectivity index (χ2n) is 8.21. The molecule has 0 radical (unpaired) electrons. The summed E-state index contributed by atoms with van der Waals surface area (Å²) < 4.78 is 54.6. The number of carbonyl (C=O) groups is 1. The number of phosphoric acid groups is 1. The van der Waals surface area contributed by atoms with E-state index in [-0.39, 0.29) is 19.1 Å². The smallest absolute Gasteiger partial charge is 0.463 e. The van der Waals surface area contributed by atoms with Crippen molar-refractivity contribution in [3.05, 3.63) is 33.1 Å². The first kappa shape index (κ1) is 24.7. The van der Waals surface area contributed by atoms with E-state index in [4.69, 9.17) is 23.0 Å². The highest BCUT2D eigenvalue weighted by atomic mass is 31.2. The van der Waals surface area contributed by atoms with E-state index in [9.17, 15) is 24.1 Å². The molecule has 1 aromatic rings. The summed E-state index contributed by atoms with van der Waals surface area (Å²) in [5.41, 5.74) is -3.85. The van der Waals surface area contributed by atoms with Crippen LogP contribution < -0.4 is 11.2 Å². The molecule has 3 heterocycles. The topological polar surface area (TPSA) is 155 Å². The Morgan fingerprint density at radius 3 is 2.75 bits per heavy atom. The van der Waals surface area contributed by atoms with Gasteiger partial charge in [0.05, 0.1) is 18.6 Å². The molecule has 0 saturated carbocycles. The minimum absolute atomic E-state index is 0.121. The number of hydrogen-bond acceptors (Lipinski definition) is 10. The fraction of sp³-hybridized carbons (Fsp3) is 0.722. The summed E-state index contributed by atoms with van der Waals surface area (Å²) in [5.74, 6) is -3.78. The normalized spacial score (nSPS) is 35.5. The van der Waals surface area contributed by atoms with Gasteiger partial charge in [-0.2, -0.15) is 0 Å². The summed E-state index contributed by atoms with van der Waals surface area (Å²) >= 11 is 0. The number of aromatic amines is 1. The maximum Gasteiger partial charge on any atom is 0.475 e. The van der Waals surface area contributed by atoms with E-state index in [1.165, 1.54) is 0 Å². The zero-order chi connectivity index (χ0) is 23.9. The van der Waals surface area contributed by atoms with Crippen LogP contribution in [0.1, 0.15) is 40.3 Å². The Morgan fingerprint density at radius 1 is 1.44 bits per heavy atom. The number of ether oxygens (including phenoxy) is 2. The van der Waals surface area contributed by atoms with Crippen LogP contribution in [0.25, 0.3) is 0 Å². The van der Waals surface area contributed by atoms with E-state index < -0.39 is 61.4 Å². The lowest BCUT2D eigenvalue weighted by Gasteiger charge is -2.37. The van der Waals surface area contributed by atoms with E-state index in [0.717, 1.165) is 23.8 Å². The average Bonchev–Trinajstić information content (AvgIpc) is 2.88. The van der Waals surface area contributed by atoms with Crippen molar-refractivity contribution in [2.45, 2.75) is 64.0 Å². The van der Waals surface area contributed by atoms with Crippen LogP contribution in [0, 0.1) is 5.92 Å². The molecule has 32 heavy (non-hydrogen) atoms. The Morgan fingerprint density at radius 2 is 2.12 bits per heavy atom. The average molecular weight is 480 g/mol. The largest absolute Gasteiger partial charge is 0.475 e. The zero-order valence-corrected chi connectivity index (χ0v) is 18.9. The number of hydrogen-bond donors (Lipinski definition) is 2. The molecule has 14 heteroatoms. The van der Waals surface area contributed by atoms with E-state index in [1.807, 2.05) is 4.98 Å². The molecule has 3 rings (SSSR count). The Balaban J connectivity index is 1.71. The van der Waals surface area contributed by atoms with Crippen molar-refractivity contribution >= 4 is 13.8 Å². The molecule has 0 aromatic carbocycles. The summed E-state index contributed by atoms with van der Waals surface area (Å²) in [6.07, 6.45) is -2.62. The van der Waals surface area contributed by atoms with Gasteiger partial charge in [-0.25, -0.2) is 13.8 Å². The molecule has 2 aliphatic heterocycles. The first-order valence-electron chi connectivity index (χ1n) is 9.96. The van der Waals surface area contributed by atoms with Gasteiger partial charge in [0, 0.05) is 12.3 Å². The fourth-order valence-corrected chi connectivity index (χ4v) is 4.87. The van der Waals surface area contributed by atoms with Crippen LogP contribution in [-0.4, -0.2) is 57.5 Å². The minimum atomic E-state index is -4.34. The van der Waals surface area contributed by atoms with Gasteiger partial charge in [-0.15, -0.1) is 0 Å². The number of nitrogens with zero attached hydrogens (tertiary/aromatic N) is 1. The van der Waals surface area contributed by atoms with Gasteiger partial charge in [0.15, 0.2) is 12.3 Å². The molecule has 2 saturated heterocycles. The van der Waals surface area contributed by atoms with E-state index in [1.54, 1.807) is 20.8 Å². The number of fused-ring (bicyclic) bond motifs is 1. The highest BCUT2D eigenvalue weighted by Crippen LogP contribution is 2.62. The third kappa shape index (κ3) is 4.87. The van der Waals surface area contributed by atoms with Crippen molar-refractivity contribution in [2.24, 2.45) is 5.92 Å². The van der Waals surface area contributed by atoms with Crippen molar-refractivity contribution < 1.29 is 41.9 Å². The van der Waals surface area contributed by atoms with Gasteiger partial charge in [0.25, 0.3) is 11.4 Å². The summed E-state index contributed by atoms with van der Waals surface area (Å²) in [7, 11) is -4.34. The van der Waals surface area contributed by atoms with Gasteiger partial charge in [-0.3, -0.25) is 32.7 Å². The van der Waals surface area contributed by atoms with Crippen molar-refractivity contribution in [3.8, 4) is 0 Å². The summed E-state index contributed by atoms with van der Waals surface area (Å²) in [6, 6.07) is 0.991. The predicted molar refractivity (Wildman–Crippen MR) is 105 cm³/mol. The number of carbonyl (C=O) groups excluding carboxylic acids is 1. The number of halogens is 1. The van der Waals surface area contributed by atoms with Crippen LogP contribution in [-0.2, 0) is 32.4 Å². The predicted octanol–water partition coefficient (Wildman–Crippen LogP) is 1.00. The van der Waals surface area contributed by atoms with Crippen molar-refractivity contribution in [3.63, 3.8) is 0 Å². The number of aliphatic hydroxyl groups is 1. The summed E-state index contributed by atoms with van der Waals surface area (Å²) in [5, 5.41) is 10.9. The van der Waals surface area contributed by atoms with E-state index >= 15 is 4.39 Å². The highest BCUT2D eigenvalue weighted by molar-refractivity contribution is 7.48. The molecule has 12 nitrogen and oxygen atoms in total. The molecule has 2 fully saturated rings. The molecule has 2 aliphatic rings. The Bertz CT molecular complexity index is 1020. The van der Waals surface area contributed by atoms with Crippen LogP contribution in [0.4, 0.5) is 4.39 Å². The summed E-state index contributed by atoms with van der Waals surface area (Å²) in [6.45, 7) is 4.99. The van der Waals surface area contributed by atoms with Gasteiger partial charge in [0.1, 0.15) is 12.2 Å². The fourth-order valence-electron chi connectivity index (χ4n) is 3.38. The lowest BCUT2D eigenvalue weighted by Crippen LogP contribution is -2.53. The molecule has 2 N–H and O–H groups in total. The second kappa shape index (κ2) is 8.81. The van der Waals surface area contributed by atoms with Gasteiger partial charge in [-0.05, 0) is 27.2 Å². The lowest BCUT2D eigenvalue weighted by molar-refractivity contribution is -0.220. The van der Waals surface area contributed by atoms with Crippen LogP contribution in [0.15, 0.2) is 21.9 Å². The quantitative estimate of drug-likeness (QED) is 0.426. The molecule has 0 spiro atoms. The zero-order valence-electron chi connectivity index (χ0n) is 18.0. The third-order valence-electron chi connectivity index (χ3n) is 5.04. The van der Waals surface area contributed by atoms with Crippen LogP contribution in [0.3, 0.4) is 0 Å². The second-order valence-corrected chi connectivity index (χ2v) is 9.84. The molecule has 0 aliphatic carbocycles. The monoisotopic (exact) mass is 480 g/mol. The Labute approximate surface area is 182 Å². The van der Waals surface area contributed by atoms with Crippen LogP contribution >= 0.6 is 7.82 Å². The first-order chi connectivity index (χ1) is 14.8. The number of rotatable bonds is 7. The third-order valence-corrected chi connectivity index (χ3v) is 6.46. The van der Waals surface area contributed by atoms with Gasteiger partial charge in [0.2, 0.25) is 0 Å². The molecule has 1 unspecified atom stereocenters. The molecule has 0 bridgehead atoms. The van der Waals surface area contributed by atoms with Crippen molar-refractivity contribution in [2.75, 3.05) is 13.2 Å². The number of H-pyrrole nitrogens is 1. The molecular weight excluding hydrogens is 454 g/mol. The Kier molecular flexibility index (Phi) is 6.81. The first-order valence-corrected chi connectivity index (χ1v) is 11.4. The number of aromatic nitrogens is 2. The molecule has 1 aromatic heterocycles. The standard InChI is InChI=1S/C18H26FN2O10P/c1-10(2)29-13(23)11(3)6-8-27-32(26)28-9-18(19)14(31-32)17(4,25)15(30-18)21-7-5-12(22)20-16(21)24/h5,7,10-11,14-15,25H,6,8-9H2,1-4H3,(H,20,22,24)/t11-,14+,15-,17-,18-,32?/m1/s1. The van der Waals surface area contributed by atoms with Crippen LogP contribution in [0.5, 0.6) is 0 Å². The van der Waals surface area contributed by atoms with E-state index in [0.29, 0.717) is 0 Å². The lowest BCUT2D eigenvalue weighted by atomic mass is 9.95. The van der Waals surface area contributed by atoms with Crippen molar-refractivity contribution in [1.82, 2.24) is 9.55 Å². The molecule has 0 amide bonds. The Hall–Kier alpha value is -1.89. The van der Waals surface area contributed by atoms with Gasteiger partial charge >= 0.3 is 19.5 Å². The van der Waals surface area contributed by atoms with Gasteiger partial charge in [-0.1, -0.05) is 6.92 Å². The maximum atomic E-state index is 15.4. The number of esters is 1.